The van der Waals surface area contributed by atoms with Crippen LogP contribution >= 0.6 is 0 Å². The first kappa shape index (κ1) is 18.3. The van der Waals surface area contributed by atoms with Crippen molar-refractivity contribution in [3.63, 3.8) is 0 Å². The Morgan fingerprint density at radius 1 is 1.15 bits per heavy atom. The van der Waals surface area contributed by atoms with Gasteiger partial charge < -0.3 is 9.80 Å². The van der Waals surface area contributed by atoms with Crippen LogP contribution in [0.15, 0.2) is 28.4 Å². The lowest BCUT2D eigenvalue weighted by Crippen LogP contribution is -2.35. The summed E-state index contributed by atoms with van der Waals surface area (Å²) in [6.07, 6.45) is 8.34. The van der Waals surface area contributed by atoms with Gasteiger partial charge in [-0.2, -0.15) is 10.2 Å². The van der Waals surface area contributed by atoms with Gasteiger partial charge in [-0.05, 0) is 18.6 Å². The summed E-state index contributed by atoms with van der Waals surface area (Å²) in [6, 6.07) is 3.91. The van der Waals surface area contributed by atoms with Gasteiger partial charge in [-0.3, -0.25) is 4.79 Å². The van der Waals surface area contributed by atoms with E-state index in [4.69, 9.17) is 6.42 Å². The van der Waals surface area contributed by atoms with Gasteiger partial charge in [-0.25, -0.2) is 8.78 Å². The molecule has 0 atom stereocenters. The first-order valence-electron chi connectivity index (χ1n) is 8.88. The van der Waals surface area contributed by atoms with Crippen molar-refractivity contribution in [1.82, 2.24) is 4.90 Å². The number of rotatable bonds is 6. The highest BCUT2D eigenvalue weighted by Gasteiger charge is 2.39. The zero-order valence-electron chi connectivity index (χ0n) is 14.6. The van der Waals surface area contributed by atoms with Crippen molar-refractivity contribution in [2.24, 2.45) is 10.2 Å². The molecule has 2 aliphatic heterocycles. The minimum atomic E-state index is -0.853. The molecule has 0 saturated carbocycles. The molecule has 7 heteroatoms. The van der Waals surface area contributed by atoms with Gasteiger partial charge in [0.1, 0.15) is 0 Å². The first-order chi connectivity index (χ1) is 12.5. The fourth-order valence-corrected chi connectivity index (χ4v) is 3.24. The molecule has 2 heterocycles. The Balaban J connectivity index is 1.51. The molecule has 0 aromatic heterocycles. The third-order valence-corrected chi connectivity index (χ3v) is 4.91. The average Bonchev–Trinajstić information content (AvgIpc) is 3.44. The van der Waals surface area contributed by atoms with Crippen LogP contribution in [0.4, 0.5) is 14.5 Å². The van der Waals surface area contributed by atoms with Crippen molar-refractivity contribution in [2.45, 2.75) is 37.8 Å². The van der Waals surface area contributed by atoms with E-state index in [2.05, 4.69) is 16.1 Å². The highest BCUT2D eigenvalue weighted by atomic mass is 19.2. The molecular formula is C19H22F2N4O. The number of benzene rings is 1. The van der Waals surface area contributed by atoms with Gasteiger partial charge in [0, 0.05) is 63.6 Å². The van der Waals surface area contributed by atoms with Crippen LogP contribution in [0.3, 0.4) is 0 Å². The zero-order valence-corrected chi connectivity index (χ0v) is 14.6. The Kier molecular flexibility index (Phi) is 5.50. The van der Waals surface area contributed by atoms with E-state index in [0.29, 0.717) is 57.5 Å². The number of nitrogens with zero attached hydrogens (tertiary/aromatic N) is 4. The van der Waals surface area contributed by atoms with Gasteiger partial charge in [0.25, 0.3) is 0 Å². The highest BCUT2D eigenvalue weighted by molar-refractivity contribution is 5.76. The molecular weight excluding hydrogens is 338 g/mol. The summed E-state index contributed by atoms with van der Waals surface area (Å²) >= 11 is 0. The molecule has 138 valence electrons. The predicted molar refractivity (Wildman–Crippen MR) is 94.7 cm³/mol. The van der Waals surface area contributed by atoms with Crippen LogP contribution in [0.2, 0.25) is 0 Å². The summed E-state index contributed by atoms with van der Waals surface area (Å²) in [5.41, 5.74) is 0.202. The van der Waals surface area contributed by atoms with Gasteiger partial charge >= 0.3 is 0 Å². The predicted octanol–water partition coefficient (Wildman–Crippen LogP) is 3.36. The Morgan fingerprint density at radius 3 is 2.65 bits per heavy atom. The SMILES string of the molecule is C#CCCC1(CCC(=O)N2CCCN(c3ccc(F)c(F)c3)CC2)N=N1. The number of anilines is 1. The lowest BCUT2D eigenvalue weighted by atomic mass is 10.0. The molecule has 1 fully saturated rings. The number of amides is 1. The Labute approximate surface area is 152 Å². The van der Waals surface area contributed by atoms with Gasteiger partial charge in [0.2, 0.25) is 5.91 Å². The van der Waals surface area contributed by atoms with Crippen molar-refractivity contribution in [1.29, 1.82) is 0 Å². The molecule has 3 rings (SSSR count). The molecule has 26 heavy (non-hydrogen) atoms. The van der Waals surface area contributed by atoms with E-state index < -0.39 is 17.3 Å². The standard InChI is InChI=1S/C19H22F2N4O/c1-2-3-8-19(22-23-19)9-7-18(26)25-11-4-10-24(12-13-25)15-5-6-16(20)17(21)14-15/h1,5-6,14H,3-4,7-13H2. The maximum atomic E-state index is 13.5. The number of hydrogen-bond acceptors (Lipinski definition) is 4. The fraction of sp³-hybridized carbons (Fsp3) is 0.526. The van der Waals surface area contributed by atoms with Crippen molar-refractivity contribution in [2.75, 3.05) is 31.1 Å². The van der Waals surface area contributed by atoms with Crippen LogP contribution in [-0.2, 0) is 4.79 Å². The van der Waals surface area contributed by atoms with E-state index in [1.165, 1.54) is 6.07 Å². The normalized spacial score (nSPS) is 18.3. The second kappa shape index (κ2) is 7.81. The van der Waals surface area contributed by atoms with E-state index in [1.54, 1.807) is 6.07 Å². The summed E-state index contributed by atoms with van der Waals surface area (Å²) in [5.74, 6) is 0.953. The molecule has 0 unspecified atom stereocenters. The molecule has 0 radical (unpaired) electrons. The Hall–Kier alpha value is -2.49. The number of terminal acetylenes is 1. The molecule has 1 saturated heterocycles. The molecule has 1 aromatic rings. The smallest absolute Gasteiger partial charge is 0.222 e. The summed E-state index contributed by atoms with van der Waals surface area (Å²) in [6.45, 7) is 2.51. The van der Waals surface area contributed by atoms with Crippen LogP contribution in [0.1, 0.15) is 32.1 Å². The van der Waals surface area contributed by atoms with Crippen molar-refractivity contribution in [3.05, 3.63) is 29.8 Å². The Bertz CT molecular complexity index is 738. The number of hydrogen-bond donors (Lipinski definition) is 0. The van der Waals surface area contributed by atoms with Gasteiger partial charge in [-0.1, -0.05) is 0 Å². The van der Waals surface area contributed by atoms with Crippen molar-refractivity contribution in [3.8, 4) is 12.3 Å². The molecule has 0 N–H and O–H groups in total. The molecule has 1 aromatic carbocycles. The lowest BCUT2D eigenvalue weighted by molar-refractivity contribution is -0.131. The van der Waals surface area contributed by atoms with Crippen LogP contribution in [-0.4, -0.2) is 42.6 Å². The van der Waals surface area contributed by atoms with Crippen molar-refractivity contribution >= 4 is 11.6 Å². The van der Waals surface area contributed by atoms with Crippen LogP contribution < -0.4 is 4.90 Å². The van der Waals surface area contributed by atoms with E-state index in [9.17, 15) is 13.6 Å². The molecule has 0 aliphatic carbocycles. The number of carbonyl (C=O) groups excluding carboxylic acids is 1. The molecule has 2 aliphatic rings. The quantitative estimate of drug-likeness (QED) is 0.731. The summed E-state index contributed by atoms with van der Waals surface area (Å²) in [5, 5.41) is 8.12. The lowest BCUT2D eigenvalue weighted by Gasteiger charge is -2.24. The summed E-state index contributed by atoms with van der Waals surface area (Å²) in [7, 11) is 0. The minimum absolute atomic E-state index is 0.0783. The van der Waals surface area contributed by atoms with Crippen molar-refractivity contribution < 1.29 is 13.6 Å². The van der Waals surface area contributed by atoms with Crippen LogP contribution in [0.25, 0.3) is 0 Å². The highest BCUT2D eigenvalue weighted by Crippen LogP contribution is 2.37. The molecule has 0 bridgehead atoms. The maximum Gasteiger partial charge on any atom is 0.222 e. The third kappa shape index (κ3) is 4.37. The van der Waals surface area contributed by atoms with E-state index in [1.807, 2.05) is 9.80 Å². The number of carbonyl (C=O) groups is 1. The monoisotopic (exact) mass is 360 g/mol. The average molecular weight is 360 g/mol. The second-order valence-corrected chi connectivity index (χ2v) is 6.71. The minimum Gasteiger partial charge on any atom is -0.370 e. The van der Waals surface area contributed by atoms with Gasteiger partial charge in [0.05, 0.1) is 0 Å². The van der Waals surface area contributed by atoms with E-state index in [0.717, 1.165) is 12.5 Å². The summed E-state index contributed by atoms with van der Waals surface area (Å²) < 4.78 is 26.6. The van der Waals surface area contributed by atoms with E-state index in [-0.39, 0.29) is 5.91 Å². The van der Waals surface area contributed by atoms with Gasteiger partial charge in [-0.15, -0.1) is 12.3 Å². The zero-order chi connectivity index (χ0) is 18.6. The molecule has 0 spiro atoms. The summed E-state index contributed by atoms with van der Waals surface area (Å²) in [4.78, 5) is 16.3. The third-order valence-electron chi connectivity index (χ3n) is 4.91. The number of halogens is 2. The topological polar surface area (TPSA) is 48.3 Å². The maximum absolute atomic E-state index is 13.5. The van der Waals surface area contributed by atoms with Crippen LogP contribution in [0.5, 0.6) is 0 Å². The van der Waals surface area contributed by atoms with Crippen LogP contribution in [0, 0.1) is 24.0 Å². The molecule has 1 amide bonds. The molecule has 5 nitrogen and oxygen atoms in total. The largest absolute Gasteiger partial charge is 0.370 e. The van der Waals surface area contributed by atoms with Gasteiger partial charge in [0.15, 0.2) is 17.3 Å². The first-order valence-corrected chi connectivity index (χ1v) is 8.88. The second-order valence-electron chi connectivity index (χ2n) is 6.71. The van der Waals surface area contributed by atoms with E-state index >= 15 is 0 Å². The Morgan fingerprint density at radius 2 is 1.96 bits per heavy atom. The fourth-order valence-electron chi connectivity index (χ4n) is 3.24.